The second-order valence-electron chi connectivity index (χ2n) is 7.97. The van der Waals surface area contributed by atoms with Crippen molar-refractivity contribution >= 4 is 35.3 Å². The van der Waals surface area contributed by atoms with Gasteiger partial charge in [0.2, 0.25) is 5.88 Å². The zero-order valence-corrected chi connectivity index (χ0v) is 18.8. The van der Waals surface area contributed by atoms with Gasteiger partial charge in [-0.1, -0.05) is 30.0 Å². The van der Waals surface area contributed by atoms with Crippen molar-refractivity contribution < 1.29 is 9.90 Å². The van der Waals surface area contributed by atoms with Gasteiger partial charge in [0.25, 0.3) is 5.91 Å². The molecule has 1 aromatic carbocycles. The lowest BCUT2D eigenvalue weighted by atomic mass is 10.1. The fourth-order valence-electron chi connectivity index (χ4n) is 4.17. The molecule has 0 spiro atoms. The Bertz CT molecular complexity index is 1240. The second-order valence-corrected chi connectivity index (χ2v) is 8.85. The normalized spacial score (nSPS) is 17.7. The number of aromatic nitrogens is 2. The molecule has 0 bridgehead atoms. The van der Waals surface area contributed by atoms with Gasteiger partial charge in [-0.15, -0.1) is 0 Å². The zero-order chi connectivity index (χ0) is 22.8. The van der Waals surface area contributed by atoms with E-state index in [1.54, 1.807) is 5.41 Å². The third-order valence-electron chi connectivity index (χ3n) is 5.89. The van der Waals surface area contributed by atoms with Crippen LogP contribution in [0.1, 0.15) is 29.9 Å². The first-order chi connectivity index (χ1) is 16.1. The summed E-state index contributed by atoms with van der Waals surface area (Å²) in [5, 5.41) is 21.6. The highest BCUT2D eigenvalue weighted by atomic mass is 32.2. The number of carbonyl (C=O) groups is 1. The summed E-state index contributed by atoms with van der Waals surface area (Å²) in [6.45, 7) is 2.49. The maximum atomic E-state index is 13.2. The molecule has 1 N–H and O–H groups in total. The van der Waals surface area contributed by atoms with Crippen molar-refractivity contribution in [1.82, 2.24) is 14.9 Å². The Kier molecular flexibility index (Phi) is 5.84. The number of nitrogens with zero attached hydrogens (tertiary/aromatic N) is 6. The minimum atomic E-state index is -0.0748. The molecule has 0 unspecified atom stereocenters. The van der Waals surface area contributed by atoms with Gasteiger partial charge in [0.15, 0.2) is 5.82 Å². The van der Waals surface area contributed by atoms with Crippen LogP contribution in [-0.4, -0.2) is 58.3 Å². The Labute approximate surface area is 196 Å². The number of para-hydroxylation sites is 1. The maximum absolute atomic E-state index is 13.2. The number of nitriles is 1. The average Bonchev–Trinajstić information content (AvgIpc) is 2.88. The minimum Gasteiger partial charge on any atom is -0.492 e. The van der Waals surface area contributed by atoms with Gasteiger partial charge in [-0.3, -0.25) is 9.79 Å². The van der Waals surface area contributed by atoms with E-state index in [1.165, 1.54) is 11.8 Å². The van der Waals surface area contributed by atoms with E-state index >= 15 is 0 Å². The van der Waals surface area contributed by atoms with Gasteiger partial charge in [-0.25, -0.2) is 4.98 Å². The molecule has 0 atom stereocenters. The van der Waals surface area contributed by atoms with E-state index < -0.39 is 0 Å². The summed E-state index contributed by atoms with van der Waals surface area (Å²) in [6.07, 6.45) is 5.88. The minimum absolute atomic E-state index is 0.0177. The summed E-state index contributed by atoms with van der Waals surface area (Å²) >= 11 is 1.28. The smallest absolute Gasteiger partial charge is 0.250 e. The summed E-state index contributed by atoms with van der Waals surface area (Å²) < 4.78 is 0. The van der Waals surface area contributed by atoms with Crippen LogP contribution in [0.4, 0.5) is 5.69 Å². The van der Waals surface area contributed by atoms with Crippen LogP contribution in [0.25, 0.3) is 5.70 Å². The number of amides is 1. The largest absolute Gasteiger partial charge is 0.492 e. The number of fused-ring (bicyclic) bond motifs is 1. The van der Waals surface area contributed by atoms with Gasteiger partial charge in [0, 0.05) is 44.4 Å². The molecule has 5 rings (SSSR count). The summed E-state index contributed by atoms with van der Waals surface area (Å²) in [6, 6.07) is 9.79. The van der Waals surface area contributed by atoms with Gasteiger partial charge in [-0.05, 0) is 30.4 Å². The van der Waals surface area contributed by atoms with Crippen LogP contribution in [-0.2, 0) is 11.2 Å². The predicted octanol–water partition coefficient (Wildman–Crippen LogP) is 3.14. The maximum Gasteiger partial charge on any atom is 0.250 e. The first kappa shape index (κ1) is 21.2. The molecule has 0 aliphatic carbocycles. The average molecular weight is 459 g/mol. The van der Waals surface area contributed by atoms with Crippen LogP contribution in [0, 0.1) is 11.3 Å². The van der Waals surface area contributed by atoms with Gasteiger partial charge < -0.3 is 14.9 Å². The Morgan fingerprint density at radius 2 is 1.94 bits per heavy atom. The van der Waals surface area contributed by atoms with E-state index in [-0.39, 0.29) is 11.8 Å². The Hall–Kier alpha value is -3.64. The molecular weight excluding hydrogens is 436 g/mol. The summed E-state index contributed by atoms with van der Waals surface area (Å²) in [5.74, 6) is 0.298. The first-order valence-corrected chi connectivity index (χ1v) is 11.7. The molecule has 1 aromatic heterocycles. The van der Waals surface area contributed by atoms with E-state index in [1.807, 2.05) is 41.5 Å². The van der Waals surface area contributed by atoms with Crippen molar-refractivity contribution in [1.29, 1.82) is 5.26 Å². The van der Waals surface area contributed by atoms with Crippen molar-refractivity contribution in [3.63, 3.8) is 0 Å². The topological polar surface area (TPSA) is 106 Å². The molecule has 166 valence electrons. The van der Waals surface area contributed by atoms with E-state index in [2.05, 4.69) is 25.9 Å². The molecule has 1 fully saturated rings. The first-order valence-electron chi connectivity index (χ1n) is 10.9. The quantitative estimate of drug-likeness (QED) is 0.753. The molecule has 4 heterocycles. The van der Waals surface area contributed by atoms with Crippen molar-refractivity contribution in [2.45, 2.75) is 24.2 Å². The summed E-state index contributed by atoms with van der Waals surface area (Å²) in [5.41, 5.74) is 3.52. The molecule has 3 aliphatic rings. The number of allylic oxidation sites excluding steroid dienone is 1. The molecule has 2 aromatic rings. The van der Waals surface area contributed by atoms with E-state index in [0.717, 1.165) is 18.5 Å². The SMILES string of the molecule is N#Cc1ccccc1N1CCN(C(=O)C2=CSc3c(O)nc(C4=CCCC=N4)nc3C2)CC1. The second kappa shape index (κ2) is 9.08. The van der Waals surface area contributed by atoms with Crippen LogP contribution in [0.2, 0.25) is 0 Å². The number of thioether (sulfide) groups is 1. The number of piperazine rings is 1. The fraction of sp³-hybridized carbons (Fsp3) is 0.292. The number of benzene rings is 1. The van der Waals surface area contributed by atoms with Crippen molar-refractivity contribution in [3.05, 3.63) is 58.4 Å². The Balaban J connectivity index is 1.28. The Morgan fingerprint density at radius 3 is 2.70 bits per heavy atom. The van der Waals surface area contributed by atoms with Crippen LogP contribution in [0.15, 0.2) is 51.2 Å². The number of aliphatic imine (C=N–C) groups is 1. The zero-order valence-electron chi connectivity index (χ0n) is 17.9. The summed E-state index contributed by atoms with van der Waals surface area (Å²) in [4.78, 5) is 31.0. The van der Waals surface area contributed by atoms with Crippen LogP contribution >= 0.6 is 11.8 Å². The van der Waals surface area contributed by atoms with Crippen LogP contribution in [0.5, 0.6) is 5.88 Å². The molecule has 8 nitrogen and oxygen atoms in total. The highest BCUT2D eigenvalue weighted by Crippen LogP contribution is 2.38. The predicted molar refractivity (Wildman–Crippen MR) is 127 cm³/mol. The van der Waals surface area contributed by atoms with Crippen molar-refractivity contribution in [2.24, 2.45) is 4.99 Å². The molecule has 9 heteroatoms. The third kappa shape index (κ3) is 4.22. The lowest BCUT2D eigenvalue weighted by Crippen LogP contribution is -2.49. The Morgan fingerprint density at radius 1 is 1.12 bits per heavy atom. The molecule has 1 saturated heterocycles. The lowest BCUT2D eigenvalue weighted by Gasteiger charge is -2.37. The number of carbonyl (C=O) groups excluding carboxylic acids is 1. The van der Waals surface area contributed by atoms with Gasteiger partial charge in [0.05, 0.1) is 21.8 Å². The number of aromatic hydroxyl groups is 1. The third-order valence-corrected chi connectivity index (χ3v) is 6.95. The fourth-order valence-corrected chi connectivity index (χ4v) is 5.02. The highest BCUT2D eigenvalue weighted by Gasteiger charge is 2.29. The number of rotatable bonds is 3. The number of hydrogen-bond donors (Lipinski definition) is 1. The van der Waals surface area contributed by atoms with Gasteiger partial charge in [-0.2, -0.15) is 10.2 Å². The molecular formula is C24H22N6O2S. The van der Waals surface area contributed by atoms with E-state index in [9.17, 15) is 15.2 Å². The molecule has 33 heavy (non-hydrogen) atoms. The van der Waals surface area contributed by atoms with Crippen molar-refractivity contribution in [2.75, 3.05) is 31.1 Å². The molecule has 0 radical (unpaired) electrons. The number of anilines is 1. The monoisotopic (exact) mass is 458 g/mol. The molecule has 1 amide bonds. The van der Waals surface area contributed by atoms with Gasteiger partial charge in [0.1, 0.15) is 11.8 Å². The summed E-state index contributed by atoms with van der Waals surface area (Å²) in [7, 11) is 0. The standard InChI is InChI=1S/C24H22N6O2S/c25-14-16-5-1-2-7-20(16)29-9-11-30(12-10-29)24(32)17-13-19-21(33-15-17)23(31)28-22(27-19)18-6-3-4-8-26-18/h1-2,5-8,15H,3-4,9-13H2,(H,27,28,31). The number of hydrogen-bond acceptors (Lipinski definition) is 8. The highest BCUT2D eigenvalue weighted by molar-refractivity contribution is 8.02. The van der Waals surface area contributed by atoms with E-state index in [0.29, 0.717) is 65.8 Å². The molecule has 3 aliphatic heterocycles. The van der Waals surface area contributed by atoms with E-state index in [4.69, 9.17) is 0 Å². The van der Waals surface area contributed by atoms with Gasteiger partial charge >= 0.3 is 0 Å². The van der Waals surface area contributed by atoms with Crippen LogP contribution < -0.4 is 4.90 Å². The van der Waals surface area contributed by atoms with Crippen molar-refractivity contribution in [3.8, 4) is 11.9 Å². The lowest BCUT2D eigenvalue weighted by molar-refractivity contribution is -0.127. The van der Waals surface area contributed by atoms with Crippen LogP contribution in [0.3, 0.4) is 0 Å². The molecule has 0 saturated carbocycles.